The van der Waals surface area contributed by atoms with E-state index >= 15 is 0 Å². The zero-order chi connectivity index (χ0) is 17.4. The first-order chi connectivity index (χ1) is 12.1. The molecule has 1 atom stereocenters. The molecule has 132 valence electrons. The second kappa shape index (κ2) is 6.52. The molecule has 0 amide bonds. The smallest absolute Gasteiger partial charge is 0.160 e. The summed E-state index contributed by atoms with van der Waals surface area (Å²) < 4.78 is 7.63. The number of hydrogen-bond acceptors (Lipinski definition) is 5. The van der Waals surface area contributed by atoms with Crippen LogP contribution in [0.3, 0.4) is 0 Å². The van der Waals surface area contributed by atoms with E-state index in [0.29, 0.717) is 0 Å². The van der Waals surface area contributed by atoms with Gasteiger partial charge in [-0.1, -0.05) is 0 Å². The number of rotatable bonds is 5. The first-order valence-electron chi connectivity index (χ1n) is 8.98. The molecule has 0 saturated carbocycles. The molecule has 3 aromatic heterocycles. The first kappa shape index (κ1) is 16.1. The highest BCUT2D eigenvalue weighted by atomic mass is 16.3. The summed E-state index contributed by atoms with van der Waals surface area (Å²) in [6.45, 7) is 9.15. The fourth-order valence-corrected chi connectivity index (χ4v) is 3.62. The van der Waals surface area contributed by atoms with Crippen molar-refractivity contribution in [2.75, 3.05) is 25.0 Å². The molecule has 6 heteroatoms. The number of nitrogens with one attached hydrogen (secondary N) is 1. The van der Waals surface area contributed by atoms with E-state index in [-0.39, 0.29) is 6.04 Å². The molecule has 1 N–H and O–H groups in total. The van der Waals surface area contributed by atoms with E-state index in [2.05, 4.69) is 39.4 Å². The average Bonchev–Trinajstić information content (AvgIpc) is 3.33. The zero-order valence-electron chi connectivity index (χ0n) is 15.1. The van der Waals surface area contributed by atoms with Crippen LogP contribution in [0.2, 0.25) is 0 Å². The SMILES string of the molecule is Cc1cc(NC[C@H](c2ccco2)N2CCCC2)n2nc(C)c(C)c2n1. The quantitative estimate of drug-likeness (QED) is 0.771. The van der Waals surface area contributed by atoms with E-state index < -0.39 is 0 Å². The van der Waals surface area contributed by atoms with Gasteiger partial charge in [-0.25, -0.2) is 4.98 Å². The van der Waals surface area contributed by atoms with Crippen LogP contribution in [0, 0.1) is 20.8 Å². The van der Waals surface area contributed by atoms with Crippen molar-refractivity contribution in [2.24, 2.45) is 0 Å². The molecule has 1 fully saturated rings. The molecule has 1 aliphatic heterocycles. The molecule has 1 saturated heterocycles. The molecule has 3 aromatic rings. The third kappa shape index (κ3) is 3.02. The Hall–Kier alpha value is -2.34. The molecule has 0 spiro atoms. The third-order valence-corrected chi connectivity index (χ3v) is 5.11. The van der Waals surface area contributed by atoms with E-state index in [0.717, 1.165) is 53.8 Å². The predicted octanol–water partition coefficient (Wildman–Crippen LogP) is 3.50. The summed E-state index contributed by atoms with van der Waals surface area (Å²) in [5.41, 5.74) is 4.07. The van der Waals surface area contributed by atoms with Crippen LogP contribution < -0.4 is 5.32 Å². The van der Waals surface area contributed by atoms with Gasteiger partial charge in [0, 0.05) is 23.9 Å². The Morgan fingerprint density at radius 3 is 2.76 bits per heavy atom. The normalized spacial score (nSPS) is 16.6. The maximum atomic E-state index is 5.71. The van der Waals surface area contributed by atoms with Crippen LogP contribution in [0.4, 0.5) is 5.82 Å². The molecule has 4 rings (SSSR count). The number of aromatic nitrogens is 3. The molecule has 0 aromatic carbocycles. The number of aryl methyl sites for hydroxylation is 3. The van der Waals surface area contributed by atoms with Crippen LogP contribution in [-0.2, 0) is 0 Å². The molecule has 0 aliphatic carbocycles. The molecule has 0 radical (unpaired) electrons. The van der Waals surface area contributed by atoms with Gasteiger partial charge in [0.1, 0.15) is 11.6 Å². The van der Waals surface area contributed by atoms with Gasteiger partial charge in [0.15, 0.2) is 5.65 Å². The average molecular weight is 339 g/mol. The molecule has 1 aliphatic rings. The zero-order valence-corrected chi connectivity index (χ0v) is 15.1. The lowest BCUT2D eigenvalue weighted by Gasteiger charge is -2.26. The van der Waals surface area contributed by atoms with Crippen molar-refractivity contribution in [1.29, 1.82) is 0 Å². The van der Waals surface area contributed by atoms with Crippen LogP contribution in [0.5, 0.6) is 0 Å². The maximum Gasteiger partial charge on any atom is 0.160 e. The first-order valence-corrected chi connectivity index (χ1v) is 8.98. The van der Waals surface area contributed by atoms with Crippen LogP contribution in [0.1, 0.15) is 41.6 Å². The van der Waals surface area contributed by atoms with Gasteiger partial charge in [0.25, 0.3) is 0 Å². The Bertz CT molecular complexity index is 862. The summed E-state index contributed by atoms with van der Waals surface area (Å²) in [6.07, 6.45) is 4.27. The van der Waals surface area contributed by atoms with Crippen LogP contribution in [0.15, 0.2) is 28.9 Å². The minimum atomic E-state index is 0.235. The second-order valence-corrected chi connectivity index (χ2v) is 6.88. The lowest BCUT2D eigenvalue weighted by Crippen LogP contribution is -2.31. The second-order valence-electron chi connectivity index (χ2n) is 6.88. The van der Waals surface area contributed by atoms with Crippen LogP contribution in [-0.4, -0.2) is 39.1 Å². The molecule has 25 heavy (non-hydrogen) atoms. The molecular formula is C19H25N5O. The van der Waals surface area contributed by atoms with Crippen molar-refractivity contribution < 1.29 is 4.42 Å². The topological polar surface area (TPSA) is 58.6 Å². The van der Waals surface area contributed by atoms with Gasteiger partial charge in [-0.15, -0.1) is 0 Å². The Labute approximate surface area is 147 Å². The Kier molecular flexibility index (Phi) is 4.21. The van der Waals surface area contributed by atoms with Crippen molar-refractivity contribution in [3.05, 3.63) is 47.2 Å². The van der Waals surface area contributed by atoms with E-state index in [9.17, 15) is 0 Å². The summed E-state index contributed by atoms with van der Waals surface area (Å²) in [7, 11) is 0. The van der Waals surface area contributed by atoms with E-state index in [1.807, 2.05) is 24.4 Å². The van der Waals surface area contributed by atoms with E-state index in [1.165, 1.54) is 12.8 Å². The van der Waals surface area contributed by atoms with Crippen molar-refractivity contribution in [3.63, 3.8) is 0 Å². The number of anilines is 1. The molecule has 4 heterocycles. The summed E-state index contributed by atoms with van der Waals surface area (Å²) in [5, 5.41) is 8.24. The monoisotopic (exact) mass is 339 g/mol. The largest absolute Gasteiger partial charge is 0.468 e. The highest BCUT2D eigenvalue weighted by Gasteiger charge is 2.25. The molecule has 0 bridgehead atoms. The van der Waals surface area contributed by atoms with Gasteiger partial charge in [-0.2, -0.15) is 9.61 Å². The lowest BCUT2D eigenvalue weighted by atomic mass is 10.2. The van der Waals surface area contributed by atoms with Crippen molar-refractivity contribution in [1.82, 2.24) is 19.5 Å². The minimum Gasteiger partial charge on any atom is -0.468 e. The number of nitrogens with zero attached hydrogens (tertiary/aromatic N) is 4. The molecular weight excluding hydrogens is 314 g/mol. The number of fused-ring (bicyclic) bond motifs is 1. The molecule has 0 unspecified atom stereocenters. The van der Waals surface area contributed by atoms with Gasteiger partial charge < -0.3 is 9.73 Å². The van der Waals surface area contributed by atoms with Gasteiger partial charge in [0.05, 0.1) is 18.0 Å². The van der Waals surface area contributed by atoms with Crippen molar-refractivity contribution in [3.8, 4) is 0 Å². The van der Waals surface area contributed by atoms with Crippen molar-refractivity contribution >= 4 is 11.5 Å². The van der Waals surface area contributed by atoms with Gasteiger partial charge in [-0.3, -0.25) is 4.90 Å². The Balaban J connectivity index is 1.63. The Morgan fingerprint density at radius 1 is 1.24 bits per heavy atom. The van der Waals surface area contributed by atoms with Gasteiger partial charge in [-0.05, 0) is 58.8 Å². The predicted molar refractivity (Wildman–Crippen MR) is 97.9 cm³/mol. The third-order valence-electron chi connectivity index (χ3n) is 5.11. The highest BCUT2D eigenvalue weighted by molar-refractivity contribution is 5.56. The fourth-order valence-electron chi connectivity index (χ4n) is 3.62. The fraction of sp³-hybridized carbons (Fsp3) is 0.474. The summed E-state index contributed by atoms with van der Waals surface area (Å²) in [4.78, 5) is 7.14. The summed E-state index contributed by atoms with van der Waals surface area (Å²) in [5.74, 6) is 2.00. The minimum absolute atomic E-state index is 0.235. The number of likely N-dealkylation sites (tertiary alicyclic amines) is 1. The highest BCUT2D eigenvalue weighted by Crippen LogP contribution is 2.26. The van der Waals surface area contributed by atoms with E-state index in [4.69, 9.17) is 4.42 Å². The van der Waals surface area contributed by atoms with Gasteiger partial charge in [0.2, 0.25) is 0 Å². The van der Waals surface area contributed by atoms with Crippen LogP contribution >= 0.6 is 0 Å². The number of furan rings is 1. The van der Waals surface area contributed by atoms with E-state index in [1.54, 1.807) is 6.26 Å². The maximum absolute atomic E-state index is 5.71. The number of hydrogen-bond donors (Lipinski definition) is 1. The summed E-state index contributed by atoms with van der Waals surface area (Å²) >= 11 is 0. The lowest BCUT2D eigenvalue weighted by molar-refractivity contribution is 0.225. The Morgan fingerprint density at radius 2 is 2.04 bits per heavy atom. The standard InChI is InChI=1S/C19H25N5O/c1-13-11-18(24-19(21-13)14(2)15(3)22-24)20-12-16(17-7-6-10-25-17)23-8-4-5-9-23/h6-7,10-11,16,20H,4-5,8-9,12H2,1-3H3/t16-/m1/s1. The van der Waals surface area contributed by atoms with Gasteiger partial charge >= 0.3 is 0 Å². The van der Waals surface area contributed by atoms with Crippen LogP contribution in [0.25, 0.3) is 5.65 Å². The van der Waals surface area contributed by atoms with Crippen molar-refractivity contribution in [2.45, 2.75) is 39.7 Å². The summed E-state index contributed by atoms with van der Waals surface area (Å²) in [6, 6.07) is 6.33. The molecule has 6 nitrogen and oxygen atoms in total.